The highest BCUT2D eigenvalue weighted by Crippen LogP contribution is 2.24. The average Bonchev–Trinajstić information content (AvgIpc) is 2.55. The molecule has 5 heteroatoms. The Hall–Kier alpha value is -3.08. The fourth-order valence-corrected chi connectivity index (χ4v) is 2.00. The first-order valence-electron chi connectivity index (χ1n) is 6.37. The summed E-state index contributed by atoms with van der Waals surface area (Å²) in [5.41, 5.74) is 7.02. The third-order valence-electron chi connectivity index (χ3n) is 3.07. The highest BCUT2D eigenvalue weighted by atomic mass is 16.5. The molecule has 0 aliphatic heterocycles. The maximum Gasteiger partial charge on any atom is 0.170 e. The molecule has 104 valence electrons. The molecule has 0 unspecified atom stereocenters. The fourth-order valence-electron chi connectivity index (χ4n) is 2.00. The average molecular weight is 279 g/mol. The lowest BCUT2D eigenvalue weighted by Crippen LogP contribution is -2.12. The van der Waals surface area contributed by atoms with Crippen molar-refractivity contribution in [2.75, 3.05) is 0 Å². The van der Waals surface area contributed by atoms with Crippen molar-refractivity contribution in [3.63, 3.8) is 0 Å². The van der Waals surface area contributed by atoms with Crippen LogP contribution in [0.25, 0.3) is 10.9 Å². The van der Waals surface area contributed by atoms with Crippen LogP contribution in [-0.4, -0.2) is 16.0 Å². The zero-order valence-corrected chi connectivity index (χ0v) is 11.1. The first-order chi connectivity index (χ1) is 10.3. The number of oxime groups is 1. The summed E-state index contributed by atoms with van der Waals surface area (Å²) < 4.78 is 5.77. The van der Waals surface area contributed by atoms with Gasteiger partial charge in [0.15, 0.2) is 5.84 Å². The molecule has 0 aliphatic carbocycles. The molecule has 3 N–H and O–H groups in total. The minimum Gasteiger partial charge on any atom is -0.457 e. The second kappa shape index (κ2) is 5.50. The SMILES string of the molecule is N/C(=N/O)c1ccc(Oc2ccc3cccnc3c2)cc1. The van der Waals surface area contributed by atoms with E-state index in [1.807, 2.05) is 30.3 Å². The van der Waals surface area contributed by atoms with Crippen LogP contribution in [0.2, 0.25) is 0 Å². The van der Waals surface area contributed by atoms with Crippen LogP contribution in [0.1, 0.15) is 5.56 Å². The number of amidine groups is 1. The maximum absolute atomic E-state index is 8.62. The van der Waals surface area contributed by atoms with Gasteiger partial charge in [-0.15, -0.1) is 0 Å². The minimum atomic E-state index is 0.0662. The number of nitrogens with zero attached hydrogens (tertiary/aromatic N) is 2. The van der Waals surface area contributed by atoms with Crippen molar-refractivity contribution in [3.8, 4) is 11.5 Å². The van der Waals surface area contributed by atoms with Crippen molar-refractivity contribution in [1.82, 2.24) is 4.98 Å². The van der Waals surface area contributed by atoms with E-state index in [1.165, 1.54) is 0 Å². The molecule has 0 radical (unpaired) electrons. The summed E-state index contributed by atoms with van der Waals surface area (Å²) in [4.78, 5) is 4.29. The van der Waals surface area contributed by atoms with Gasteiger partial charge in [0, 0.05) is 23.2 Å². The van der Waals surface area contributed by atoms with Crippen LogP contribution in [0.3, 0.4) is 0 Å². The number of fused-ring (bicyclic) bond motifs is 1. The van der Waals surface area contributed by atoms with Gasteiger partial charge >= 0.3 is 0 Å². The van der Waals surface area contributed by atoms with Gasteiger partial charge in [0.2, 0.25) is 0 Å². The molecule has 0 atom stereocenters. The molecule has 0 aliphatic rings. The number of benzene rings is 2. The molecule has 0 bridgehead atoms. The highest BCUT2D eigenvalue weighted by molar-refractivity contribution is 5.97. The molecule has 5 nitrogen and oxygen atoms in total. The van der Waals surface area contributed by atoms with E-state index in [1.54, 1.807) is 30.5 Å². The van der Waals surface area contributed by atoms with E-state index in [4.69, 9.17) is 15.7 Å². The second-order valence-electron chi connectivity index (χ2n) is 4.47. The number of nitrogens with two attached hydrogens (primary N) is 1. The predicted octanol–water partition coefficient (Wildman–Crippen LogP) is 3.12. The summed E-state index contributed by atoms with van der Waals surface area (Å²) >= 11 is 0. The van der Waals surface area contributed by atoms with E-state index in [0.717, 1.165) is 10.9 Å². The third-order valence-corrected chi connectivity index (χ3v) is 3.07. The molecule has 0 saturated heterocycles. The van der Waals surface area contributed by atoms with Crippen LogP contribution in [-0.2, 0) is 0 Å². The van der Waals surface area contributed by atoms with Gasteiger partial charge in [-0.05, 0) is 42.5 Å². The first kappa shape index (κ1) is 12.9. The molecule has 0 spiro atoms. The standard InChI is InChI=1S/C16H13N3O2/c17-16(19-20)12-4-6-13(7-5-12)21-14-8-3-11-2-1-9-18-15(11)10-14/h1-10,20H,(H2,17,19). The molecule has 1 aromatic heterocycles. The smallest absolute Gasteiger partial charge is 0.170 e. The van der Waals surface area contributed by atoms with Crippen LogP contribution < -0.4 is 10.5 Å². The van der Waals surface area contributed by atoms with Crippen molar-refractivity contribution < 1.29 is 9.94 Å². The van der Waals surface area contributed by atoms with Crippen LogP contribution in [0.4, 0.5) is 0 Å². The molecule has 0 saturated carbocycles. The second-order valence-corrected chi connectivity index (χ2v) is 4.47. The maximum atomic E-state index is 8.62. The summed E-state index contributed by atoms with van der Waals surface area (Å²) in [5, 5.41) is 12.6. The zero-order chi connectivity index (χ0) is 14.7. The van der Waals surface area contributed by atoms with Gasteiger partial charge in [0.05, 0.1) is 5.52 Å². The van der Waals surface area contributed by atoms with Crippen LogP contribution >= 0.6 is 0 Å². The van der Waals surface area contributed by atoms with Crippen molar-refractivity contribution >= 4 is 16.7 Å². The van der Waals surface area contributed by atoms with Crippen LogP contribution in [0, 0.1) is 0 Å². The molecule has 21 heavy (non-hydrogen) atoms. The zero-order valence-electron chi connectivity index (χ0n) is 11.1. The van der Waals surface area contributed by atoms with Gasteiger partial charge < -0.3 is 15.7 Å². The quantitative estimate of drug-likeness (QED) is 0.334. The Balaban J connectivity index is 1.84. The van der Waals surface area contributed by atoms with Crippen LogP contribution in [0.15, 0.2) is 65.9 Å². The largest absolute Gasteiger partial charge is 0.457 e. The Morgan fingerprint density at radius 3 is 2.57 bits per heavy atom. The van der Waals surface area contributed by atoms with Gasteiger partial charge in [-0.3, -0.25) is 4.98 Å². The molecule has 3 rings (SSSR count). The van der Waals surface area contributed by atoms with Crippen molar-refractivity contribution in [3.05, 3.63) is 66.4 Å². The molecular weight excluding hydrogens is 266 g/mol. The van der Waals surface area contributed by atoms with Gasteiger partial charge in [-0.25, -0.2) is 0 Å². The van der Waals surface area contributed by atoms with E-state index in [2.05, 4.69) is 10.1 Å². The third kappa shape index (κ3) is 2.76. The molecule has 2 aromatic carbocycles. The lowest BCUT2D eigenvalue weighted by molar-refractivity contribution is 0.318. The minimum absolute atomic E-state index is 0.0662. The first-order valence-corrected chi connectivity index (χ1v) is 6.37. The monoisotopic (exact) mass is 279 g/mol. The molecule has 0 amide bonds. The van der Waals surface area contributed by atoms with Crippen molar-refractivity contribution in [1.29, 1.82) is 0 Å². The van der Waals surface area contributed by atoms with Crippen LogP contribution in [0.5, 0.6) is 11.5 Å². The predicted molar refractivity (Wildman–Crippen MR) is 80.8 cm³/mol. The van der Waals surface area contributed by atoms with E-state index in [-0.39, 0.29) is 5.84 Å². The molecular formula is C16H13N3O2. The number of hydrogen-bond acceptors (Lipinski definition) is 4. The molecule has 3 aromatic rings. The Labute approximate surface area is 121 Å². The Kier molecular flexibility index (Phi) is 3.39. The number of aromatic nitrogens is 1. The number of rotatable bonds is 3. The summed E-state index contributed by atoms with van der Waals surface area (Å²) in [7, 11) is 0. The van der Waals surface area contributed by atoms with E-state index in [9.17, 15) is 0 Å². The molecule has 0 fully saturated rings. The van der Waals surface area contributed by atoms with Gasteiger partial charge in [0.1, 0.15) is 11.5 Å². The normalized spacial score (nSPS) is 11.5. The Morgan fingerprint density at radius 1 is 1.05 bits per heavy atom. The Morgan fingerprint density at radius 2 is 1.81 bits per heavy atom. The lowest BCUT2D eigenvalue weighted by Gasteiger charge is -2.07. The fraction of sp³-hybridized carbons (Fsp3) is 0. The van der Waals surface area contributed by atoms with E-state index >= 15 is 0 Å². The van der Waals surface area contributed by atoms with Gasteiger partial charge in [-0.1, -0.05) is 11.2 Å². The summed E-state index contributed by atoms with van der Waals surface area (Å²) in [5.74, 6) is 1.44. The summed E-state index contributed by atoms with van der Waals surface area (Å²) in [6, 6.07) is 16.6. The topological polar surface area (TPSA) is 80.7 Å². The molecule has 1 heterocycles. The number of pyridine rings is 1. The summed E-state index contributed by atoms with van der Waals surface area (Å²) in [6.07, 6.45) is 1.75. The highest BCUT2D eigenvalue weighted by Gasteiger charge is 2.02. The lowest BCUT2D eigenvalue weighted by atomic mass is 10.2. The van der Waals surface area contributed by atoms with E-state index in [0.29, 0.717) is 17.1 Å². The van der Waals surface area contributed by atoms with Crippen molar-refractivity contribution in [2.45, 2.75) is 0 Å². The number of hydrogen-bond donors (Lipinski definition) is 2. The summed E-state index contributed by atoms with van der Waals surface area (Å²) in [6.45, 7) is 0. The van der Waals surface area contributed by atoms with Crippen molar-refractivity contribution in [2.24, 2.45) is 10.9 Å². The van der Waals surface area contributed by atoms with Gasteiger partial charge in [0.25, 0.3) is 0 Å². The van der Waals surface area contributed by atoms with Gasteiger partial charge in [-0.2, -0.15) is 0 Å². The van der Waals surface area contributed by atoms with E-state index < -0.39 is 0 Å². The Bertz CT molecular complexity index is 798. The number of ether oxygens (including phenoxy) is 1.